The van der Waals surface area contributed by atoms with E-state index in [0.29, 0.717) is 29.2 Å². The number of rotatable bonds is 4. The Morgan fingerprint density at radius 2 is 2.19 bits per heavy atom. The third-order valence-electron chi connectivity index (χ3n) is 3.33. The van der Waals surface area contributed by atoms with Crippen molar-refractivity contribution in [3.05, 3.63) is 47.7 Å². The maximum Gasteiger partial charge on any atom is 0.336 e. The van der Waals surface area contributed by atoms with Gasteiger partial charge in [0.2, 0.25) is 5.89 Å². The van der Waals surface area contributed by atoms with Crippen molar-refractivity contribution in [1.82, 2.24) is 14.7 Å². The molecule has 0 aliphatic rings. The second-order valence-corrected chi connectivity index (χ2v) is 5.19. The summed E-state index contributed by atoms with van der Waals surface area (Å²) in [6.07, 6.45) is 1.84. The molecule has 0 amide bonds. The van der Waals surface area contributed by atoms with Gasteiger partial charge in [0.15, 0.2) is 5.82 Å². The number of hydrogen-bond acceptors (Lipinski definition) is 4. The van der Waals surface area contributed by atoms with Gasteiger partial charge in [0.05, 0.1) is 12.1 Å². The molecule has 0 bridgehead atoms. The summed E-state index contributed by atoms with van der Waals surface area (Å²) >= 11 is 0. The Hall–Kier alpha value is -2.63. The van der Waals surface area contributed by atoms with Crippen LogP contribution in [-0.2, 0) is 6.54 Å². The smallest absolute Gasteiger partial charge is 0.336 e. The van der Waals surface area contributed by atoms with E-state index in [4.69, 9.17) is 4.52 Å². The molecule has 6 heteroatoms. The molecule has 0 aliphatic carbocycles. The van der Waals surface area contributed by atoms with Gasteiger partial charge in [0.1, 0.15) is 0 Å². The first kappa shape index (κ1) is 13.4. The summed E-state index contributed by atoms with van der Waals surface area (Å²) in [6, 6.07) is 7.01. The lowest BCUT2D eigenvalue weighted by atomic mass is 10.1. The SMILES string of the molecule is CC(C)c1nc(Cn2ccc3c(C(=O)O)cccc32)no1. The van der Waals surface area contributed by atoms with Crippen molar-refractivity contribution in [2.75, 3.05) is 0 Å². The monoisotopic (exact) mass is 285 g/mol. The number of fused-ring (bicyclic) bond motifs is 1. The Morgan fingerprint density at radius 1 is 1.38 bits per heavy atom. The number of carboxylic acids is 1. The molecule has 108 valence electrons. The molecule has 0 fully saturated rings. The number of benzene rings is 1. The van der Waals surface area contributed by atoms with E-state index in [9.17, 15) is 9.90 Å². The van der Waals surface area contributed by atoms with Crippen LogP contribution >= 0.6 is 0 Å². The molecule has 1 N–H and O–H groups in total. The molecular weight excluding hydrogens is 270 g/mol. The number of carboxylic acid groups (broad SMARTS) is 1. The van der Waals surface area contributed by atoms with Crippen molar-refractivity contribution in [3.8, 4) is 0 Å². The van der Waals surface area contributed by atoms with Crippen LogP contribution in [-0.4, -0.2) is 25.8 Å². The predicted molar refractivity (Wildman–Crippen MR) is 76.4 cm³/mol. The average Bonchev–Trinajstić information content (AvgIpc) is 3.06. The minimum atomic E-state index is -0.931. The highest BCUT2D eigenvalue weighted by atomic mass is 16.5. The van der Waals surface area contributed by atoms with Crippen LogP contribution in [0, 0.1) is 0 Å². The van der Waals surface area contributed by atoms with Gasteiger partial charge in [-0.05, 0) is 18.2 Å². The summed E-state index contributed by atoms with van der Waals surface area (Å²) in [5.41, 5.74) is 1.13. The van der Waals surface area contributed by atoms with Gasteiger partial charge in [0, 0.05) is 23.0 Å². The number of aromatic nitrogens is 3. The number of nitrogens with zero attached hydrogens (tertiary/aromatic N) is 3. The first-order chi connectivity index (χ1) is 10.1. The van der Waals surface area contributed by atoms with Gasteiger partial charge >= 0.3 is 5.97 Å². The maximum atomic E-state index is 11.2. The Morgan fingerprint density at radius 3 is 2.86 bits per heavy atom. The van der Waals surface area contributed by atoms with Crippen LogP contribution in [0.4, 0.5) is 0 Å². The highest BCUT2D eigenvalue weighted by Gasteiger charge is 2.13. The fourth-order valence-corrected chi connectivity index (χ4v) is 2.27. The Balaban J connectivity index is 1.97. The molecule has 0 unspecified atom stereocenters. The lowest BCUT2D eigenvalue weighted by Crippen LogP contribution is -2.01. The van der Waals surface area contributed by atoms with Crippen LogP contribution in [0.2, 0.25) is 0 Å². The van der Waals surface area contributed by atoms with Gasteiger partial charge in [-0.25, -0.2) is 4.79 Å². The molecule has 6 nitrogen and oxygen atoms in total. The van der Waals surface area contributed by atoms with Crippen molar-refractivity contribution >= 4 is 16.9 Å². The van der Waals surface area contributed by atoms with E-state index >= 15 is 0 Å². The fraction of sp³-hybridized carbons (Fsp3) is 0.267. The van der Waals surface area contributed by atoms with E-state index in [1.54, 1.807) is 18.2 Å². The van der Waals surface area contributed by atoms with E-state index in [0.717, 1.165) is 5.52 Å². The molecule has 0 aliphatic heterocycles. The Kier molecular flexibility index (Phi) is 3.21. The second-order valence-electron chi connectivity index (χ2n) is 5.19. The van der Waals surface area contributed by atoms with Gasteiger partial charge in [-0.1, -0.05) is 25.1 Å². The summed E-state index contributed by atoms with van der Waals surface area (Å²) < 4.78 is 7.09. The quantitative estimate of drug-likeness (QED) is 0.797. The minimum Gasteiger partial charge on any atom is -0.478 e. The van der Waals surface area contributed by atoms with Crippen LogP contribution in [0.5, 0.6) is 0 Å². The molecule has 0 radical (unpaired) electrons. The van der Waals surface area contributed by atoms with Crippen LogP contribution in [0.3, 0.4) is 0 Å². The third-order valence-corrected chi connectivity index (χ3v) is 3.33. The minimum absolute atomic E-state index is 0.186. The van der Waals surface area contributed by atoms with Crippen LogP contribution < -0.4 is 0 Å². The fourth-order valence-electron chi connectivity index (χ4n) is 2.27. The van der Waals surface area contributed by atoms with E-state index < -0.39 is 5.97 Å². The van der Waals surface area contributed by atoms with E-state index in [1.807, 2.05) is 30.7 Å². The highest BCUT2D eigenvalue weighted by Crippen LogP contribution is 2.21. The average molecular weight is 285 g/mol. The Bertz CT molecular complexity index is 801. The largest absolute Gasteiger partial charge is 0.478 e. The van der Waals surface area contributed by atoms with Crippen LogP contribution in [0.25, 0.3) is 10.9 Å². The van der Waals surface area contributed by atoms with Crippen molar-refractivity contribution in [1.29, 1.82) is 0 Å². The lowest BCUT2D eigenvalue weighted by molar-refractivity contribution is 0.0699. The molecule has 21 heavy (non-hydrogen) atoms. The van der Waals surface area contributed by atoms with Gasteiger partial charge < -0.3 is 14.2 Å². The molecule has 0 saturated heterocycles. The summed E-state index contributed by atoms with van der Waals surface area (Å²) in [5.74, 6) is 0.441. The van der Waals surface area contributed by atoms with E-state index in [2.05, 4.69) is 10.1 Å². The zero-order valence-electron chi connectivity index (χ0n) is 11.8. The molecule has 2 heterocycles. The topological polar surface area (TPSA) is 81.2 Å². The van der Waals surface area contributed by atoms with Gasteiger partial charge in [-0.2, -0.15) is 4.98 Å². The van der Waals surface area contributed by atoms with Crippen LogP contribution in [0.1, 0.15) is 41.8 Å². The molecule has 2 aromatic heterocycles. The molecular formula is C15H15N3O3. The molecule has 3 rings (SSSR count). The summed E-state index contributed by atoms with van der Waals surface area (Å²) in [7, 11) is 0. The van der Waals surface area contributed by atoms with Crippen molar-refractivity contribution in [2.45, 2.75) is 26.3 Å². The first-order valence-electron chi connectivity index (χ1n) is 6.70. The molecule has 0 atom stereocenters. The van der Waals surface area contributed by atoms with E-state index in [-0.39, 0.29) is 5.92 Å². The van der Waals surface area contributed by atoms with E-state index in [1.165, 1.54) is 0 Å². The normalized spacial score (nSPS) is 11.4. The van der Waals surface area contributed by atoms with Crippen molar-refractivity contribution < 1.29 is 14.4 Å². The van der Waals surface area contributed by atoms with Crippen molar-refractivity contribution in [3.63, 3.8) is 0 Å². The third kappa shape index (κ3) is 2.40. The Labute approximate surface area is 121 Å². The van der Waals surface area contributed by atoms with Gasteiger partial charge in [-0.3, -0.25) is 0 Å². The predicted octanol–water partition coefficient (Wildman–Crippen LogP) is 2.89. The van der Waals surface area contributed by atoms with Crippen LogP contribution in [0.15, 0.2) is 35.0 Å². The zero-order chi connectivity index (χ0) is 15.0. The molecule has 0 spiro atoms. The first-order valence-corrected chi connectivity index (χ1v) is 6.70. The maximum absolute atomic E-state index is 11.2. The molecule has 3 aromatic rings. The number of hydrogen-bond donors (Lipinski definition) is 1. The number of aromatic carboxylic acids is 1. The molecule has 1 aromatic carbocycles. The molecule has 0 saturated carbocycles. The lowest BCUT2D eigenvalue weighted by Gasteiger charge is -2.02. The van der Waals surface area contributed by atoms with Gasteiger partial charge in [0.25, 0.3) is 0 Å². The second kappa shape index (κ2) is 5.05. The van der Waals surface area contributed by atoms with Gasteiger partial charge in [-0.15, -0.1) is 0 Å². The highest BCUT2D eigenvalue weighted by molar-refractivity contribution is 6.02. The summed E-state index contributed by atoms with van der Waals surface area (Å²) in [4.78, 5) is 15.5. The summed E-state index contributed by atoms with van der Waals surface area (Å²) in [5, 5.41) is 13.9. The number of carbonyl (C=O) groups is 1. The van der Waals surface area contributed by atoms with Crippen molar-refractivity contribution in [2.24, 2.45) is 0 Å². The standard InChI is InChI=1S/C15H15N3O3/c1-9(2)14-16-13(17-21-14)8-18-7-6-10-11(15(19)20)4-3-5-12(10)18/h3-7,9H,8H2,1-2H3,(H,19,20). The summed E-state index contributed by atoms with van der Waals surface area (Å²) in [6.45, 7) is 4.42. The zero-order valence-corrected chi connectivity index (χ0v) is 11.8.